The van der Waals surface area contributed by atoms with Crippen molar-refractivity contribution < 1.29 is 4.79 Å². The van der Waals surface area contributed by atoms with Crippen molar-refractivity contribution in [1.82, 2.24) is 10.2 Å². The van der Waals surface area contributed by atoms with Crippen LogP contribution in [0.25, 0.3) is 0 Å². The summed E-state index contributed by atoms with van der Waals surface area (Å²) >= 11 is 5.81. The molecule has 16 heavy (non-hydrogen) atoms. The molecule has 1 aromatic carbocycles. The molecule has 4 heteroatoms. The highest BCUT2D eigenvalue weighted by atomic mass is 35.5. The SMILES string of the molecule is CNC(=O)[C@H](C)N(C)Cc1ccc(Cl)cc1. The quantitative estimate of drug-likeness (QED) is 0.872. The Labute approximate surface area is 101 Å². The second kappa shape index (κ2) is 5.87. The lowest BCUT2D eigenvalue weighted by Crippen LogP contribution is -2.41. The topological polar surface area (TPSA) is 32.3 Å². The molecule has 1 amide bonds. The maximum absolute atomic E-state index is 11.4. The molecular weight excluding hydrogens is 224 g/mol. The van der Waals surface area contributed by atoms with Crippen molar-refractivity contribution in [1.29, 1.82) is 0 Å². The number of amides is 1. The molecule has 0 aliphatic heterocycles. The Bertz CT molecular complexity index is 351. The monoisotopic (exact) mass is 240 g/mol. The fraction of sp³-hybridized carbons (Fsp3) is 0.417. The fourth-order valence-corrected chi connectivity index (χ4v) is 1.55. The minimum atomic E-state index is -0.138. The molecule has 0 saturated heterocycles. The van der Waals surface area contributed by atoms with Crippen LogP contribution in [-0.4, -0.2) is 30.9 Å². The molecule has 0 heterocycles. The molecule has 88 valence electrons. The number of hydrogen-bond donors (Lipinski definition) is 1. The number of nitrogens with zero attached hydrogens (tertiary/aromatic N) is 1. The second-order valence-corrected chi connectivity index (χ2v) is 4.27. The summed E-state index contributed by atoms with van der Waals surface area (Å²) in [6.07, 6.45) is 0. The van der Waals surface area contributed by atoms with Gasteiger partial charge in [0.15, 0.2) is 0 Å². The molecule has 0 spiro atoms. The predicted molar refractivity (Wildman–Crippen MR) is 66.4 cm³/mol. The van der Waals surface area contributed by atoms with E-state index in [2.05, 4.69) is 5.32 Å². The van der Waals surface area contributed by atoms with Crippen molar-refractivity contribution in [2.75, 3.05) is 14.1 Å². The number of nitrogens with one attached hydrogen (secondary N) is 1. The van der Waals surface area contributed by atoms with E-state index in [1.165, 1.54) is 0 Å². The van der Waals surface area contributed by atoms with E-state index in [0.29, 0.717) is 0 Å². The third-order valence-corrected chi connectivity index (χ3v) is 2.88. The highest BCUT2D eigenvalue weighted by Crippen LogP contribution is 2.11. The summed E-state index contributed by atoms with van der Waals surface area (Å²) in [6.45, 7) is 2.61. The lowest BCUT2D eigenvalue weighted by Gasteiger charge is -2.23. The number of hydrogen-bond acceptors (Lipinski definition) is 2. The molecular formula is C12H17ClN2O. The predicted octanol–water partition coefficient (Wildman–Crippen LogP) is 1.91. The van der Waals surface area contributed by atoms with Gasteiger partial charge in [-0.2, -0.15) is 0 Å². The maximum Gasteiger partial charge on any atom is 0.236 e. The van der Waals surface area contributed by atoms with Crippen LogP contribution in [0, 0.1) is 0 Å². The molecule has 0 saturated carbocycles. The molecule has 1 aromatic rings. The Morgan fingerprint density at radius 1 is 1.44 bits per heavy atom. The number of rotatable bonds is 4. The van der Waals surface area contributed by atoms with Crippen molar-refractivity contribution in [3.63, 3.8) is 0 Å². The first kappa shape index (κ1) is 13.0. The zero-order valence-corrected chi connectivity index (χ0v) is 10.6. The largest absolute Gasteiger partial charge is 0.358 e. The summed E-state index contributed by atoms with van der Waals surface area (Å²) in [5.41, 5.74) is 1.14. The Hall–Kier alpha value is -1.06. The number of likely N-dealkylation sites (N-methyl/N-ethyl adjacent to an activating group) is 2. The van der Waals surface area contributed by atoms with Crippen LogP contribution in [0.4, 0.5) is 0 Å². The first-order valence-corrected chi connectivity index (χ1v) is 5.58. The van der Waals surface area contributed by atoms with Crippen molar-refractivity contribution in [3.05, 3.63) is 34.9 Å². The van der Waals surface area contributed by atoms with E-state index in [1.807, 2.05) is 43.1 Å². The van der Waals surface area contributed by atoms with Crippen LogP contribution in [0.3, 0.4) is 0 Å². The highest BCUT2D eigenvalue weighted by Gasteiger charge is 2.16. The van der Waals surface area contributed by atoms with E-state index >= 15 is 0 Å². The van der Waals surface area contributed by atoms with Gasteiger partial charge in [0.25, 0.3) is 0 Å². The Morgan fingerprint density at radius 3 is 2.50 bits per heavy atom. The van der Waals surface area contributed by atoms with Gasteiger partial charge in [-0.15, -0.1) is 0 Å². The van der Waals surface area contributed by atoms with Crippen molar-refractivity contribution >= 4 is 17.5 Å². The standard InChI is InChI=1S/C12H17ClN2O/c1-9(12(16)14-2)15(3)8-10-4-6-11(13)7-5-10/h4-7,9H,8H2,1-3H3,(H,14,16)/t9-/m0/s1. The molecule has 0 aromatic heterocycles. The minimum absolute atomic E-state index is 0.0245. The number of carbonyl (C=O) groups is 1. The van der Waals surface area contributed by atoms with Crippen LogP contribution in [0.5, 0.6) is 0 Å². The van der Waals surface area contributed by atoms with Gasteiger partial charge in [-0.25, -0.2) is 0 Å². The van der Waals surface area contributed by atoms with E-state index in [9.17, 15) is 4.79 Å². The minimum Gasteiger partial charge on any atom is -0.358 e. The average Bonchev–Trinajstić information content (AvgIpc) is 2.30. The first-order valence-electron chi connectivity index (χ1n) is 5.21. The summed E-state index contributed by atoms with van der Waals surface area (Å²) in [6, 6.07) is 7.51. The number of carbonyl (C=O) groups excluding carboxylic acids is 1. The smallest absolute Gasteiger partial charge is 0.236 e. The Kier molecular flexibility index (Phi) is 4.77. The van der Waals surface area contributed by atoms with Gasteiger partial charge < -0.3 is 5.32 Å². The van der Waals surface area contributed by atoms with Gasteiger partial charge in [-0.1, -0.05) is 23.7 Å². The molecule has 0 aliphatic carbocycles. The van der Waals surface area contributed by atoms with Crippen molar-refractivity contribution in [2.24, 2.45) is 0 Å². The molecule has 0 unspecified atom stereocenters. The maximum atomic E-state index is 11.4. The van der Waals surface area contributed by atoms with E-state index in [4.69, 9.17) is 11.6 Å². The zero-order chi connectivity index (χ0) is 12.1. The van der Waals surface area contributed by atoms with Crippen LogP contribution in [0.2, 0.25) is 5.02 Å². The van der Waals surface area contributed by atoms with E-state index in [1.54, 1.807) is 7.05 Å². The van der Waals surface area contributed by atoms with E-state index < -0.39 is 0 Å². The molecule has 3 nitrogen and oxygen atoms in total. The zero-order valence-electron chi connectivity index (χ0n) is 9.83. The molecule has 0 radical (unpaired) electrons. The van der Waals surface area contributed by atoms with Gasteiger partial charge in [0.2, 0.25) is 5.91 Å². The molecule has 0 fully saturated rings. The molecule has 1 atom stereocenters. The summed E-state index contributed by atoms with van der Waals surface area (Å²) in [5.74, 6) is 0.0245. The van der Waals surface area contributed by atoms with Gasteiger partial charge in [0, 0.05) is 18.6 Å². The third-order valence-electron chi connectivity index (χ3n) is 2.63. The summed E-state index contributed by atoms with van der Waals surface area (Å²) in [4.78, 5) is 13.4. The van der Waals surface area contributed by atoms with Crippen LogP contribution in [-0.2, 0) is 11.3 Å². The van der Waals surface area contributed by atoms with Gasteiger partial charge in [0.1, 0.15) is 0 Å². The van der Waals surface area contributed by atoms with Crippen LogP contribution < -0.4 is 5.32 Å². The highest BCUT2D eigenvalue weighted by molar-refractivity contribution is 6.30. The first-order chi connectivity index (χ1) is 7.54. The van der Waals surface area contributed by atoms with Gasteiger partial charge in [-0.05, 0) is 31.7 Å². The fourth-order valence-electron chi connectivity index (χ4n) is 1.42. The van der Waals surface area contributed by atoms with Crippen LogP contribution in [0.1, 0.15) is 12.5 Å². The second-order valence-electron chi connectivity index (χ2n) is 3.83. The molecule has 1 rings (SSSR count). The van der Waals surface area contributed by atoms with Crippen molar-refractivity contribution in [3.8, 4) is 0 Å². The Morgan fingerprint density at radius 2 is 2.00 bits per heavy atom. The lowest BCUT2D eigenvalue weighted by atomic mass is 10.2. The molecule has 1 N–H and O–H groups in total. The lowest BCUT2D eigenvalue weighted by molar-refractivity contribution is -0.125. The van der Waals surface area contributed by atoms with Gasteiger partial charge in [0.05, 0.1) is 6.04 Å². The third kappa shape index (κ3) is 3.51. The van der Waals surface area contributed by atoms with Crippen LogP contribution in [0.15, 0.2) is 24.3 Å². The van der Waals surface area contributed by atoms with E-state index in [0.717, 1.165) is 17.1 Å². The molecule has 0 bridgehead atoms. The normalized spacial score (nSPS) is 12.6. The van der Waals surface area contributed by atoms with E-state index in [-0.39, 0.29) is 11.9 Å². The van der Waals surface area contributed by atoms with Gasteiger partial charge >= 0.3 is 0 Å². The summed E-state index contributed by atoms with van der Waals surface area (Å²) in [7, 11) is 3.57. The van der Waals surface area contributed by atoms with Crippen molar-refractivity contribution in [2.45, 2.75) is 19.5 Å². The number of benzene rings is 1. The summed E-state index contributed by atoms with van der Waals surface area (Å²) < 4.78 is 0. The summed E-state index contributed by atoms with van der Waals surface area (Å²) in [5, 5.41) is 3.37. The average molecular weight is 241 g/mol. The molecule has 0 aliphatic rings. The van der Waals surface area contributed by atoms with Crippen LogP contribution >= 0.6 is 11.6 Å². The van der Waals surface area contributed by atoms with Gasteiger partial charge in [-0.3, -0.25) is 9.69 Å². The Balaban J connectivity index is 2.60. The number of halogens is 1.